The van der Waals surface area contributed by atoms with Crippen molar-refractivity contribution in [3.8, 4) is 0 Å². The van der Waals surface area contributed by atoms with E-state index >= 15 is 0 Å². The fraction of sp³-hybridized carbons (Fsp3) is 0.800. The number of carbonyl (C=O) groups excluding carboxylic acids is 1. The van der Waals surface area contributed by atoms with Gasteiger partial charge in [-0.05, 0) is 109 Å². The molecular formula is C35H55NO2. The zero-order valence-corrected chi connectivity index (χ0v) is 25.1. The van der Waals surface area contributed by atoms with Crippen molar-refractivity contribution in [1.29, 1.82) is 0 Å². The molecule has 0 amide bonds. The van der Waals surface area contributed by atoms with Gasteiger partial charge in [-0.3, -0.25) is 0 Å². The van der Waals surface area contributed by atoms with Crippen LogP contribution in [0.2, 0.25) is 0 Å². The molecule has 0 bridgehead atoms. The Hall–Kier alpha value is -1.35. The minimum atomic E-state index is -0.288. The highest BCUT2D eigenvalue weighted by Gasteiger charge is 2.66. The summed E-state index contributed by atoms with van der Waals surface area (Å²) in [5.74, 6) is 4.27. The summed E-state index contributed by atoms with van der Waals surface area (Å²) in [6, 6.07) is 0. The molecule has 4 saturated carbocycles. The van der Waals surface area contributed by atoms with Crippen molar-refractivity contribution < 1.29 is 9.90 Å². The Kier molecular flexibility index (Phi) is 7.84. The molecule has 38 heavy (non-hydrogen) atoms. The van der Waals surface area contributed by atoms with Gasteiger partial charge in [-0.2, -0.15) is 0 Å². The quantitative estimate of drug-likeness (QED) is 0.333. The van der Waals surface area contributed by atoms with Crippen LogP contribution in [0.3, 0.4) is 0 Å². The summed E-state index contributed by atoms with van der Waals surface area (Å²) in [7, 11) is 0. The first-order chi connectivity index (χ1) is 18.1. The Morgan fingerprint density at radius 1 is 0.974 bits per heavy atom. The summed E-state index contributed by atoms with van der Waals surface area (Å²) in [5.41, 5.74) is 1.39. The summed E-state index contributed by atoms with van der Waals surface area (Å²) < 4.78 is 0. The van der Waals surface area contributed by atoms with E-state index in [1.807, 2.05) is 12.3 Å². The van der Waals surface area contributed by atoms with Crippen LogP contribution < -0.4 is 5.32 Å². The van der Waals surface area contributed by atoms with Gasteiger partial charge >= 0.3 is 0 Å². The molecule has 0 saturated heterocycles. The standard InChI is InChI=1S/C35H55NO2/c1-23(2)11-10-12-24(3)26-14-15-27-32-28(17-19-33(26,27)4)34(5)18-16-25(22-37)35(6,30(34)21-29(32)38)31-13-8-7-9-20-36-31/h7-9,13,20,22-30,32,36,38H,10-12,14-19,21H2,1-6H3/t24-,25?,26-,27+,28+,29?,30-,32+,33-,34-,35?/m1/s1. The molecule has 11 atom stereocenters. The number of allylic oxidation sites excluding steroid dienone is 5. The SMILES string of the molecule is CC(C)CCC[C@@H](C)[C@H]1CC[C@H]2[C@@H]3C(O)C[C@H]4C(C)(C5=CC=CC=CN5)C(C=O)CC[C@]4(C)[C@H]3CC[C@]12C. The highest BCUT2D eigenvalue weighted by Crippen LogP contribution is 2.71. The fourth-order valence-corrected chi connectivity index (χ4v) is 11.2. The lowest BCUT2D eigenvalue weighted by Gasteiger charge is -2.66. The highest BCUT2D eigenvalue weighted by atomic mass is 16.3. The topological polar surface area (TPSA) is 49.3 Å². The van der Waals surface area contributed by atoms with Crippen molar-refractivity contribution in [2.24, 2.45) is 63.6 Å². The van der Waals surface area contributed by atoms with Crippen molar-refractivity contribution in [1.82, 2.24) is 5.32 Å². The molecule has 3 heteroatoms. The van der Waals surface area contributed by atoms with E-state index in [1.165, 1.54) is 51.2 Å². The van der Waals surface area contributed by atoms with Gasteiger partial charge in [0.2, 0.25) is 0 Å². The maximum atomic E-state index is 12.5. The number of hydrogen-bond donors (Lipinski definition) is 2. The van der Waals surface area contributed by atoms with Crippen molar-refractivity contribution >= 4 is 6.29 Å². The molecule has 1 heterocycles. The van der Waals surface area contributed by atoms with Gasteiger partial charge in [-0.15, -0.1) is 0 Å². The first-order valence-corrected chi connectivity index (χ1v) is 16.0. The monoisotopic (exact) mass is 521 g/mol. The number of aliphatic hydroxyl groups is 1. The summed E-state index contributed by atoms with van der Waals surface area (Å²) in [4.78, 5) is 12.5. The molecule has 0 spiro atoms. The Labute approximate surface area is 233 Å². The van der Waals surface area contributed by atoms with Crippen LogP contribution in [0.5, 0.6) is 0 Å². The van der Waals surface area contributed by atoms with Crippen molar-refractivity contribution in [2.75, 3.05) is 0 Å². The smallest absolute Gasteiger partial charge is 0.124 e. The maximum Gasteiger partial charge on any atom is 0.124 e. The van der Waals surface area contributed by atoms with Gasteiger partial charge in [0.1, 0.15) is 6.29 Å². The third-order valence-electron chi connectivity index (χ3n) is 13.2. The van der Waals surface area contributed by atoms with Crippen molar-refractivity contribution in [2.45, 2.75) is 112 Å². The zero-order valence-electron chi connectivity index (χ0n) is 25.1. The molecular weight excluding hydrogens is 466 g/mol. The second-order valence-electron chi connectivity index (χ2n) is 15.2. The minimum Gasteiger partial charge on any atom is -0.393 e. The van der Waals surface area contributed by atoms with Crippen LogP contribution in [0.4, 0.5) is 0 Å². The molecule has 0 aromatic rings. The van der Waals surface area contributed by atoms with Gasteiger partial charge in [0.15, 0.2) is 0 Å². The van der Waals surface area contributed by atoms with E-state index in [1.54, 1.807) is 0 Å². The zero-order chi connectivity index (χ0) is 27.3. The van der Waals surface area contributed by atoms with Gasteiger partial charge in [-0.25, -0.2) is 0 Å². The number of hydrogen-bond acceptors (Lipinski definition) is 3. The molecule has 0 aromatic heterocycles. The van der Waals surface area contributed by atoms with Gasteiger partial charge in [-0.1, -0.05) is 73.0 Å². The lowest BCUT2D eigenvalue weighted by atomic mass is 9.38. The lowest BCUT2D eigenvalue weighted by Crippen LogP contribution is -2.63. The van der Waals surface area contributed by atoms with E-state index in [4.69, 9.17) is 0 Å². The van der Waals surface area contributed by atoms with Crippen LogP contribution in [0.25, 0.3) is 0 Å². The second-order valence-corrected chi connectivity index (χ2v) is 15.2. The first kappa shape index (κ1) is 28.2. The van der Waals surface area contributed by atoms with E-state index in [0.29, 0.717) is 29.1 Å². The minimum absolute atomic E-state index is 0.0145. The first-order valence-electron chi connectivity index (χ1n) is 16.0. The molecule has 4 aliphatic carbocycles. The fourth-order valence-electron chi connectivity index (χ4n) is 11.2. The average Bonchev–Trinajstić information content (AvgIpc) is 3.03. The normalized spacial score (nSPS) is 46.8. The van der Waals surface area contributed by atoms with Crippen molar-refractivity contribution in [3.05, 3.63) is 36.2 Å². The molecule has 2 N–H and O–H groups in total. The van der Waals surface area contributed by atoms with E-state index in [0.717, 1.165) is 42.7 Å². The largest absolute Gasteiger partial charge is 0.393 e. The molecule has 3 unspecified atom stereocenters. The molecule has 0 aromatic carbocycles. The highest BCUT2D eigenvalue weighted by molar-refractivity contribution is 5.58. The van der Waals surface area contributed by atoms with Crippen LogP contribution in [0.15, 0.2) is 36.2 Å². The van der Waals surface area contributed by atoms with Crippen LogP contribution in [0, 0.1) is 63.6 Å². The summed E-state index contributed by atoms with van der Waals surface area (Å²) >= 11 is 0. The Bertz CT molecular complexity index is 965. The number of nitrogens with one attached hydrogen (secondary N) is 1. The molecule has 4 fully saturated rings. The van der Waals surface area contributed by atoms with Crippen LogP contribution in [-0.4, -0.2) is 17.5 Å². The number of carbonyl (C=O) groups is 1. The van der Waals surface area contributed by atoms with Crippen LogP contribution in [-0.2, 0) is 4.79 Å². The third kappa shape index (κ3) is 4.38. The summed E-state index contributed by atoms with van der Waals surface area (Å²) in [5, 5.41) is 15.6. The molecule has 5 aliphatic rings. The predicted molar refractivity (Wildman–Crippen MR) is 157 cm³/mol. The van der Waals surface area contributed by atoms with Gasteiger partial charge in [0, 0.05) is 23.2 Å². The van der Waals surface area contributed by atoms with E-state index in [-0.39, 0.29) is 22.9 Å². The van der Waals surface area contributed by atoms with E-state index < -0.39 is 0 Å². The number of rotatable bonds is 7. The van der Waals surface area contributed by atoms with Gasteiger partial charge in [0.05, 0.1) is 6.10 Å². The molecule has 212 valence electrons. The summed E-state index contributed by atoms with van der Waals surface area (Å²) in [6.07, 6.45) is 23.5. The Morgan fingerprint density at radius 3 is 2.45 bits per heavy atom. The third-order valence-corrected chi connectivity index (χ3v) is 13.2. The molecule has 3 nitrogen and oxygen atoms in total. The number of aldehydes is 1. The lowest BCUT2D eigenvalue weighted by molar-refractivity contribution is -0.197. The molecule has 5 rings (SSSR count). The molecule has 0 radical (unpaired) electrons. The number of fused-ring (bicyclic) bond motifs is 5. The number of aliphatic hydroxyl groups excluding tert-OH is 1. The van der Waals surface area contributed by atoms with E-state index in [9.17, 15) is 9.90 Å². The Balaban J connectivity index is 1.42. The van der Waals surface area contributed by atoms with Crippen molar-refractivity contribution in [3.63, 3.8) is 0 Å². The maximum absolute atomic E-state index is 12.5. The van der Waals surface area contributed by atoms with Crippen LogP contribution >= 0.6 is 0 Å². The Morgan fingerprint density at radius 2 is 1.71 bits per heavy atom. The second kappa shape index (κ2) is 10.6. The predicted octanol–water partition coefficient (Wildman–Crippen LogP) is 8.07. The average molecular weight is 522 g/mol. The summed E-state index contributed by atoms with van der Waals surface area (Å²) in [6.45, 7) is 14.7. The van der Waals surface area contributed by atoms with Gasteiger partial charge < -0.3 is 15.2 Å². The van der Waals surface area contributed by atoms with E-state index in [2.05, 4.69) is 65.1 Å². The van der Waals surface area contributed by atoms with Gasteiger partial charge in [0.25, 0.3) is 0 Å². The molecule has 1 aliphatic heterocycles. The van der Waals surface area contributed by atoms with Crippen LogP contribution in [0.1, 0.15) is 106 Å².